The van der Waals surface area contributed by atoms with E-state index < -0.39 is 11.7 Å². The van der Waals surface area contributed by atoms with Gasteiger partial charge >= 0.3 is 0 Å². The van der Waals surface area contributed by atoms with Crippen molar-refractivity contribution in [3.8, 4) is 0 Å². The number of hydrogen-bond donors (Lipinski definition) is 1. The molecule has 0 saturated heterocycles. The van der Waals surface area contributed by atoms with E-state index in [1.165, 1.54) is 12.1 Å². The number of halogens is 1. The summed E-state index contributed by atoms with van der Waals surface area (Å²) in [5.74, 6) is -1.35. The highest BCUT2D eigenvalue weighted by Gasteiger charge is 2.13. The van der Waals surface area contributed by atoms with E-state index in [1.54, 1.807) is 26.8 Å². The molecule has 92 valence electrons. The SMILES string of the molecule is Cc1ccc(C(=O)NCC(=O)C(C)C)c(F)c1. The Labute approximate surface area is 100 Å². The quantitative estimate of drug-likeness (QED) is 0.871. The van der Waals surface area contributed by atoms with Gasteiger partial charge in [0, 0.05) is 5.92 Å². The second-order valence-electron chi connectivity index (χ2n) is 4.29. The maximum atomic E-state index is 13.4. The van der Waals surface area contributed by atoms with Crippen molar-refractivity contribution in [2.75, 3.05) is 6.54 Å². The number of benzene rings is 1. The van der Waals surface area contributed by atoms with Crippen molar-refractivity contribution in [1.82, 2.24) is 5.32 Å². The number of rotatable bonds is 4. The molecule has 3 nitrogen and oxygen atoms in total. The Morgan fingerprint density at radius 2 is 2.00 bits per heavy atom. The molecular weight excluding hydrogens is 221 g/mol. The van der Waals surface area contributed by atoms with Crippen LogP contribution in [0.4, 0.5) is 4.39 Å². The molecule has 0 unspecified atom stereocenters. The van der Waals surface area contributed by atoms with Gasteiger partial charge in [0.25, 0.3) is 5.91 Å². The third-order valence-corrected chi connectivity index (χ3v) is 2.44. The van der Waals surface area contributed by atoms with Gasteiger partial charge < -0.3 is 5.32 Å². The van der Waals surface area contributed by atoms with Gasteiger partial charge in [-0.15, -0.1) is 0 Å². The minimum Gasteiger partial charge on any atom is -0.345 e. The molecule has 1 aromatic carbocycles. The molecule has 1 N–H and O–H groups in total. The normalized spacial score (nSPS) is 10.4. The maximum absolute atomic E-state index is 13.4. The van der Waals surface area contributed by atoms with Crippen LogP contribution in [0.1, 0.15) is 29.8 Å². The van der Waals surface area contributed by atoms with Gasteiger partial charge in [-0.2, -0.15) is 0 Å². The molecule has 17 heavy (non-hydrogen) atoms. The van der Waals surface area contributed by atoms with E-state index in [4.69, 9.17) is 0 Å². The average Bonchev–Trinajstić information content (AvgIpc) is 2.25. The third kappa shape index (κ3) is 3.66. The zero-order valence-electron chi connectivity index (χ0n) is 10.2. The van der Waals surface area contributed by atoms with Crippen LogP contribution in [0.15, 0.2) is 18.2 Å². The first-order chi connectivity index (χ1) is 7.91. The van der Waals surface area contributed by atoms with E-state index in [2.05, 4.69) is 5.32 Å². The van der Waals surface area contributed by atoms with Gasteiger partial charge in [-0.25, -0.2) is 4.39 Å². The molecule has 1 rings (SSSR count). The lowest BCUT2D eigenvalue weighted by atomic mass is 10.1. The van der Waals surface area contributed by atoms with Gasteiger partial charge in [0.2, 0.25) is 0 Å². The molecule has 0 bridgehead atoms. The second-order valence-corrected chi connectivity index (χ2v) is 4.29. The number of hydrogen-bond acceptors (Lipinski definition) is 2. The van der Waals surface area contributed by atoms with Crippen molar-refractivity contribution in [3.05, 3.63) is 35.1 Å². The first-order valence-electron chi connectivity index (χ1n) is 5.49. The lowest BCUT2D eigenvalue weighted by molar-refractivity contribution is -0.120. The summed E-state index contributed by atoms with van der Waals surface area (Å²) in [6, 6.07) is 4.36. The number of aryl methyl sites for hydroxylation is 1. The van der Waals surface area contributed by atoms with Crippen molar-refractivity contribution in [3.63, 3.8) is 0 Å². The van der Waals surface area contributed by atoms with Crippen molar-refractivity contribution >= 4 is 11.7 Å². The monoisotopic (exact) mass is 237 g/mol. The number of carbonyl (C=O) groups excluding carboxylic acids is 2. The van der Waals surface area contributed by atoms with E-state index in [9.17, 15) is 14.0 Å². The number of nitrogens with one attached hydrogen (secondary N) is 1. The van der Waals surface area contributed by atoms with Crippen molar-refractivity contribution in [2.45, 2.75) is 20.8 Å². The van der Waals surface area contributed by atoms with E-state index >= 15 is 0 Å². The fourth-order valence-corrected chi connectivity index (χ4v) is 1.27. The van der Waals surface area contributed by atoms with Crippen molar-refractivity contribution in [2.24, 2.45) is 5.92 Å². The molecule has 0 aromatic heterocycles. The van der Waals surface area contributed by atoms with Crippen LogP contribution >= 0.6 is 0 Å². The zero-order valence-corrected chi connectivity index (χ0v) is 10.2. The van der Waals surface area contributed by atoms with Crippen molar-refractivity contribution in [1.29, 1.82) is 0 Å². The molecule has 4 heteroatoms. The molecule has 0 heterocycles. The Kier molecular flexibility index (Phi) is 4.37. The summed E-state index contributed by atoms with van der Waals surface area (Å²) in [6.07, 6.45) is 0. The predicted octanol–water partition coefficient (Wildman–Crippen LogP) is 2.09. The van der Waals surface area contributed by atoms with Crippen LogP contribution in [0.25, 0.3) is 0 Å². The third-order valence-electron chi connectivity index (χ3n) is 2.44. The van der Waals surface area contributed by atoms with E-state index in [0.29, 0.717) is 0 Å². The first kappa shape index (κ1) is 13.4. The minimum absolute atomic E-state index is 0.0350. The predicted molar refractivity (Wildman–Crippen MR) is 63.3 cm³/mol. The largest absolute Gasteiger partial charge is 0.345 e. The van der Waals surface area contributed by atoms with E-state index in [-0.39, 0.29) is 23.8 Å². The van der Waals surface area contributed by atoms with E-state index in [1.807, 2.05) is 0 Å². The van der Waals surface area contributed by atoms with Gasteiger partial charge in [0.15, 0.2) is 5.78 Å². The van der Waals surface area contributed by atoms with Gasteiger partial charge in [0.1, 0.15) is 5.82 Å². The molecule has 0 saturated carbocycles. The summed E-state index contributed by atoms with van der Waals surface area (Å²) < 4.78 is 13.4. The highest BCUT2D eigenvalue weighted by atomic mass is 19.1. The number of Topliss-reactive ketones (excluding diaryl/α,β-unsaturated/α-hetero) is 1. The summed E-state index contributed by atoms with van der Waals surface area (Å²) >= 11 is 0. The second kappa shape index (κ2) is 5.57. The zero-order chi connectivity index (χ0) is 13.0. The summed E-state index contributed by atoms with van der Waals surface area (Å²) in [4.78, 5) is 22.9. The van der Waals surface area contributed by atoms with Crippen LogP contribution in [0.2, 0.25) is 0 Å². The van der Waals surface area contributed by atoms with Crippen LogP contribution in [0, 0.1) is 18.7 Å². The van der Waals surface area contributed by atoms with Gasteiger partial charge in [0.05, 0.1) is 12.1 Å². The topological polar surface area (TPSA) is 46.2 Å². The minimum atomic E-state index is -0.570. The Hall–Kier alpha value is -1.71. The average molecular weight is 237 g/mol. The van der Waals surface area contributed by atoms with Gasteiger partial charge in [-0.05, 0) is 24.6 Å². The molecule has 0 aliphatic rings. The molecule has 0 aliphatic carbocycles. The van der Waals surface area contributed by atoms with Crippen LogP contribution in [-0.4, -0.2) is 18.2 Å². The maximum Gasteiger partial charge on any atom is 0.254 e. The molecule has 0 atom stereocenters. The number of amides is 1. The Morgan fingerprint density at radius 1 is 1.35 bits per heavy atom. The fraction of sp³-hybridized carbons (Fsp3) is 0.385. The van der Waals surface area contributed by atoms with Gasteiger partial charge in [-0.1, -0.05) is 19.9 Å². The number of carbonyl (C=O) groups is 2. The molecule has 0 spiro atoms. The molecule has 1 aromatic rings. The van der Waals surface area contributed by atoms with Crippen molar-refractivity contribution < 1.29 is 14.0 Å². The molecule has 0 radical (unpaired) electrons. The summed E-state index contributed by atoms with van der Waals surface area (Å²) in [7, 11) is 0. The smallest absolute Gasteiger partial charge is 0.254 e. The van der Waals surface area contributed by atoms with Crippen LogP contribution in [0.5, 0.6) is 0 Å². The molecule has 0 aliphatic heterocycles. The Morgan fingerprint density at radius 3 is 2.53 bits per heavy atom. The van der Waals surface area contributed by atoms with Crippen LogP contribution in [-0.2, 0) is 4.79 Å². The highest BCUT2D eigenvalue weighted by molar-refractivity contribution is 5.97. The standard InChI is InChI=1S/C13H16FNO2/c1-8(2)12(16)7-15-13(17)10-5-4-9(3)6-11(10)14/h4-6,8H,7H2,1-3H3,(H,15,17). The summed E-state index contributed by atoms with van der Waals surface area (Å²) in [6.45, 7) is 5.18. The van der Waals surface area contributed by atoms with Gasteiger partial charge in [-0.3, -0.25) is 9.59 Å². The lowest BCUT2D eigenvalue weighted by Crippen LogP contribution is -2.32. The lowest BCUT2D eigenvalue weighted by Gasteiger charge is -2.07. The summed E-state index contributed by atoms with van der Waals surface area (Å²) in [5, 5.41) is 2.41. The van der Waals surface area contributed by atoms with E-state index in [0.717, 1.165) is 5.56 Å². The molecule has 0 fully saturated rings. The fourth-order valence-electron chi connectivity index (χ4n) is 1.27. The Bertz CT molecular complexity index is 441. The number of ketones is 1. The highest BCUT2D eigenvalue weighted by Crippen LogP contribution is 2.09. The molecule has 1 amide bonds. The van der Waals surface area contributed by atoms with Crippen LogP contribution < -0.4 is 5.32 Å². The first-order valence-corrected chi connectivity index (χ1v) is 5.49. The Balaban J connectivity index is 2.68. The molecular formula is C13H16FNO2. The summed E-state index contributed by atoms with van der Waals surface area (Å²) in [5.41, 5.74) is 0.712. The van der Waals surface area contributed by atoms with Crippen LogP contribution in [0.3, 0.4) is 0 Å².